The maximum absolute atomic E-state index is 5.55. The molecule has 1 N–H and O–H groups in total. The zero-order chi connectivity index (χ0) is 11.4. The Kier molecular flexibility index (Phi) is 4.07. The number of benzene rings is 1. The SMILES string of the molecule is COc1cc(NCC2CCCO2)ccc1Br. The highest BCUT2D eigenvalue weighted by Gasteiger charge is 2.14. The highest BCUT2D eigenvalue weighted by molar-refractivity contribution is 9.10. The van der Waals surface area contributed by atoms with Crippen molar-refractivity contribution in [1.29, 1.82) is 0 Å². The van der Waals surface area contributed by atoms with Gasteiger partial charge in [-0.2, -0.15) is 0 Å². The molecule has 0 aliphatic carbocycles. The molecule has 0 bridgehead atoms. The number of anilines is 1. The van der Waals surface area contributed by atoms with Gasteiger partial charge in [0.05, 0.1) is 17.7 Å². The molecule has 16 heavy (non-hydrogen) atoms. The summed E-state index contributed by atoms with van der Waals surface area (Å²) < 4.78 is 11.8. The van der Waals surface area contributed by atoms with Crippen LogP contribution in [0.5, 0.6) is 5.75 Å². The lowest BCUT2D eigenvalue weighted by Gasteiger charge is -2.13. The maximum Gasteiger partial charge on any atom is 0.135 e. The van der Waals surface area contributed by atoms with Gasteiger partial charge in [0, 0.05) is 24.9 Å². The smallest absolute Gasteiger partial charge is 0.135 e. The van der Waals surface area contributed by atoms with Crippen LogP contribution < -0.4 is 10.1 Å². The third-order valence-corrected chi connectivity index (χ3v) is 3.36. The van der Waals surface area contributed by atoms with Crippen LogP contribution in [0.2, 0.25) is 0 Å². The first-order chi connectivity index (χ1) is 7.79. The molecule has 1 aromatic rings. The topological polar surface area (TPSA) is 30.5 Å². The Balaban J connectivity index is 1.93. The average molecular weight is 286 g/mol. The Morgan fingerprint density at radius 3 is 3.12 bits per heavy atom. The van der Waals surface area contributed by atoms with Crippen LogP contribution in [-0.2, 0) is 4.74 Å². The van der Waals surface area contributed by atoms with E-state index in [4.69, 9.17) is 9.47 Å². The van der Waals surface area contributed by atoms with Crippen molar-refractivity contribution in [2.45, 2.75) is 18.9 Å². The van der Waals surface area contributed by atoms with Gasteiger partial charge in [-0.25, -0.2) is 0 Å². The van der Waals surface area contributed by atoms with E-state index in [-0.39, 0.29) is 0 Å². The first-order valence-corrected chi connectivity index (χ1v) is 6.28. The molecule has 0 spiro atoms. The minimum atomic E-state index is 0.356. The standard InChI is InChI=1S/C12H16BrNO2/c1-15-12-7-9(4-5-11(12)13)14-8-10-3-2-6-16-10/h4-5,7,10,14H,2-3,6,8H2,1H3. The van der Waals surface area contributed by atoms with Gasteiger partial charge in [0.15, 0.2) is 0 Å². The second-order valence-corrected chi connectivity index (χ2v) is 4.72. The summed E-state index contributed by atoms with van der Waals surface area (Å²) in [6.07, 6.45) is 2.69. The fraction of sp³-hybridized carbons (Fsp3) is 0.500. The van der Waals surface area contributed by atoms with Crippen LogP contribution in [0, 0.1) is 0 Å². The third kappa shape index (κ3) is 2.89. The Morgan fingerprint density at radius 1 is 1.56 bits per heavy atom. The first kappa shape index (κ1) is 11.7. The van der Waals surface area contributed by atoms with Gasteiger partial charge in [0.1, 0.15) is 5.75 Å². The molecule has 0 saturated carbocycles. The predicted octanol–water partition coefficient (Wildman–Crippen LogP) is 3.05. The molecule has 88 valence electrons. The highest BCUT2D eigenvalue weighted by Crippen LogP contribution is 2.28. The fourth-order valence-electron chi connectivity index (χ4n) is 1.81. The quantitative estimate of drug-likeness (QED) is 0.922. The second-order valence-electron chi connectivity index (χ2n) is 3.87. The van der Waals surface area contributed by atoms with E-state index in [1.54, 1.807) is 7.11 Å². The van der Waals surface area contributed by atoms with Crippen LogP contribution in [0.15, 0.2) is 22.7 Å². The number of halogens is 1. The Hall–Kier alpha value is -0.740. The molecule has 3 nitrogen and oxygen atoms in total. The molecule has 1 atom stereocenters. The zero-order valence-corrected chi connectivity index (χ0v) is 10.9. The van der Waals surface area contributed by atoms with E-state index in [1.165, 1.54) is 6.42 Å². The van der Waals surface area contributed by atoms with Gasteiger partial charge < -0.3 is 14.8 Å². The third-order valence-electron chi connectivity index (χ3n) is 2.71. The molecular formula is C12H16BrNO2. The summed E-state index contributed by atoms with van der Waals surface area (Å²) >= 11 is 3.43. The monoisotopic (exact) mass is 285 g/mol. The minimum Gasteiger partial charge on any atom is -0.495 e. The summed E-state index contributed by atoms with van der Waals surface area (Å²) in [5.41, 5.74) is 1.07. The molecule has 1 fully saturated rings. The Labute approximate surface area is 104 Å². The largest absolute Gasteiger partial charge is 0.495 e. The van der Waals surface area contributed by atoms with E-state index in [0.29, 0.717) is 6.10 Å². The van der Waals surface area contributed by atoms with Crippen LogP contribution in [0.1, 0.15) is 12.8 Å². The molecule has 4 heteroatoms. The highest BCUT2D eigenvalue weighted by atomic mass is 79.9. The fourth-order valence-corrected chi connectivity index (χ4v) is 2.22. The second kappa shape index (κ2) is 5.55. The van der Waals surface area contributed by atoms with Gasteiger partial charge in [0.2, 0.25) is 0 Å². The predicted molar refractivity (Wildman–Crippen MR) is 68.2 cm³/mol. The zero-order valence-electron chi connectivity index (χ0n) is 9.33. The van der Waals surface area contributed by atoms with Gasteiger partial charge >= 0.3 is 0 Å². The molecule has 1 saturated heterocycles. The maximum atomic E-state index is 5.55. The summed E-state index contributed by atoms with van der Waals surface area (Å²) in [7, 11) is 1.67. The van der Waals surface area contributed by atoms with Crippen molar-refractivity contribution in [3.8, 4) is 5.75 Å². The molecule has 1 heterocycles. The van der Waals surface area contributed by atoms with Crippen molar-refractivity contribution < 1.29 is 9.47 Å². The van der Waals surface area contributed by atoms with Crippen molar-refractivity contribution in [2.75, 3.05) is 25.6 Å². The minimum absolute atomic E-state index is 0.356. The van der Waals surface area contributed by atoms with Crippen molar-refractivity contribution >= 4 is 21.6 Å². The normalized spacial score (nSPS) is 19.8. The van der Waals surface area contributed by atoms with Gasteiger partial charge in [0.25, 0.3) is 0 Å². The van der Waals surface area contributed by atoms with E-state index < -0.39 is 0 Å². The Bertz CT molecular complexity index is 351. The molecule has 1 aliphatic heterocycles. The van der Waals surface area contributed by atoms with Gasteiger partial charge in [-0.1, -0.05) is 0 Å². The molecule has 0 radical (unpaired) electrons. The first-order valence-electron chi connectivity index (χ1n) is 5.48. The number of hydrogen-bond acceptors (Lipinski definition) is 3. The lowest BCUT2D eigenvalue weighted by molar-refractivity contribution is 0.120. The number of rotatable bonds is 4. The molecule has 0 amide bonds. The van der Waals surface area contributed by atoms with E-state index in [9.17, 15) is 0 Å². The lowest BCUT2D eigenvalue weighted by atomic mass is 10.2. The van der Waals surface area contributed by atoms with Crippen LogP contribution in [-0.4, -0.2) is 26.4 Å². The lowest BCUT2D eigenvalue weighted by Crippen LogP contribution is -2.18. The molecule has 1 aliphatic rings. The van der Waals surface area contributed by atoms with Crippen molar-refractivity contribution in [3.05, 3.63) is 22.7 Å². The summed E-state index contributed by atoms with van der Waals surface area (Å²) in [4.78, 5) is 0. The summed E-state index contributed by atoms with van der Waals surface area (Å²) in [6.45, 7) is 1.76. The summed E-state index contributed by atoms with van der Waals surface area (Å²) in [6, 6.07) is 6.00. The van der Waals surface area contributed by atoms with Gasteiger partial charge in [-0.3, -0.25) is 0 Å². The van der Waals surface area contributed by atoms with Crippen LogP contribution >= 0.6 is 15.9 Å². The van der Waals surface area contributed by atoms with Crippen LogP contribution in [0.25, 0.3) is 0 Å². The molecule has 2 rings (SSSR count). The van der Waals surface area contributed by atoms with Crippen LogP contribution in [0.4, 0.5) is 5.69 Å². The summed E-state index contributed by atoms with van der Waals surface area (Å²) in [5, 5.41) is 3.36. The average Bonchev–Trinajstić information content (AvgIpc) is 2.81. The van der Waals surface area contributed by atoms with E-state index >= 15 is 0 Å². The number of nitrogens with one attached hydrogen (secondary N) is 1. The van der Waals surface area contributed by atoms with Crippen LogP contribution in [0.3, 0.4) is 0 Å². The molecule has 1 unspecified atom stereocenters. The number of methoxy groups -OCH3 is 1. The van der Waals surface area contributed by atoms with Gasteiger partial charge in [-0.15, -0.1) is 0 Å². The molecule has 0 aromatic heterocycles. The van der Waals surface area contributed by atoms with Crippen molar-refractivity contribution in [2.24, 2.45) is 0 Å². The summed E-state index contributed by atoms with van der Waals surface area (Å²) in [5.74, 6) is 0.845. The van der Waals surface area contributed by atoms with E-state index in [2.05, 4.69) is 21.2 Å². The van der Waals surface area contributed by atoms with Crippen molar-refractivity contribution in [3.63, 3.8) is 0 Å². The molecule has 1 aromatic carbocycles. The van der Waals surface area contributed by atoms with Crippen molar-refractivity contribution in [1.82, 2.24) is 0 Å². The van der Waals surface area contributed by atoms with E-state index in [1.807, 2.05) is 18.2 Å². The van der Waals surface area contributed by atoms with Gasteiger partial charge in [-0.05, 0) is 40.9 Å². The number of hydrogen-bond donors (Lipinski definition) is 1. The van der Waals surface area contributed by atoms with E-state index in [0.717, 1.165) is 35.5 Å². The Morgan fingerprint density at radius 2 is 2.44 bits per heavy atom. The molecular weight excluding hydrogens is 270 g/mol. The number of ether oxygens (including phenoxy) is 2.